The number of ether oxygens (including phenoxy) is 3. The molecule has 2 aromatic rings. The normalized spacial score (nSPS) is 15.9. The molecule has 2 atom stereocenters. The van der Waals surface area contributed by atoms with E-state index in [-0.39, 0.29) is 29.9 Å². The van der Waals surface area contributed by atoms with Crippen molar-refractivity contribution in [3.63, 3.8) is 0 Å². The minimum Gasteiger partial charge on any atom is -0.497 e. The fourth-order valence-corrected chi connectivity index (χ4v) is 4.44. The fourth-order valence-electron chi connectivity index (χ4n) is 4.44. The lowest BCUT2D eigenvalue weighted by Crippen LogP contribution is -2.55. The molecule has 2 N–H and O–H groups in total. The van der Waals surface area contributed by atoms with E-state index in [9.17, 15) is 9.59 Å². The van der Waals surface area contributed by atoms with Crippen LogP contribution in [0.5, 0.6) is 17.2 Å². The van der Waals surface area contributed by atoms with Crippen LogP contribution in [0.4, 0.5) is 4.79 Å². The van der Waals surface area contributed by atoms with Gasteiger partial charge in [0.05, 0.1) is 27.4 Å². The van der Waals surface area contributed by atoms with E-state index >= 15 is 0 Å². The van der Waals surface area contributed by atoms with Gasteiger partial charge in [-0.15, -0.1) is 0 Å². The first-order chi connectivity index (χ1) is 16.7. The Balaban J connectivity index is 2.02. The molecule has 0 fully saturated rings. The Hall–Kier alpha value is -3.42. The number of carbonyl (C=O) groups excluding carboxylic acids is 2. The van der Waals surface area contributed by atoms with E-state index in [0.717, 1.165) is 22.4 Å². The van der Waals surface area contributed by atoms with Crippen molar-refractivity contribution in [2.24, 2.45) is 5.92 Å². The van der Waals surface area contributed by atoms with Crippen molar-refractivity contribution in [2.45, 2.75) is 52.2 Å². The second kappa shape index (κ2) is 11.3. The van der Waals surface area contributed by atoms with Gasteiger partial charge in [-0.25, -0.2) is 4.79 Å². The lowest BCUT2D eigenvalue weighted by atomic mass is 9.87. The SMILES string of the molecule is COc1ccc([C@@H]2c3cc(OC)c(OC)cc3CCN2C(=O)N[C@H](C(=O)NC(C)C)C(C)C)cc1. The molecule has 2 aromatic carbocycles. The summed E-state index contributed by atoms with van der Waals surface area (Å²) in [7, 11) is 4.83. The number of amides is 3. The van der Waals surface area contributed by atoms with Crippen LogP contribution in [0.2, 0.25) is 0 Å². The van der Waals surface area contributed by atoms with Gasteiger partial charge in [0.1, 0.15) is 11.8 Å². The third-order valence-electron chi connectivity index (χ3n) is 6.23. The van der Waals surface area contributed by atoms with E-state index in [1.165, 1.54) is 0 Å². The second-order valence-corrected chi connectivity index (χ2v) is 9.36. The van der Waals surface area contributed by atoms with Crippen molar-refractivity contribution in [1.29, 1.82) is 0 Å². The quantitative estimate of drug-likeness (QED) is 0.594. The highest BCUT2D eigenvalue weighted by molar-refractivity contribution is 5.87. The van der Waals surface area contributed by atoms with Crippen LogP contribution in [-0.2, 0) is 11.2 Å². The number of carbonyl (C=O) groups is 2. The van der Waals surface area contributed by atoms with E-state index in [2.05, 4.69) is 10.6 Å². The topological polar surface area (TPSA) is 89.1 Å². The number of nitrogens with zero attached hydrogens (tertiary/aromatic N) is 1. The number of benzene rings is 2. The number of urea groups is 1. The van der Waals surface area contributed by atoms with Crippen LogP contribution in [0, 0.1) is 5.92 Å². The molecular formula is C27H37N3O5. The van der Waals surface area contributed by atoms with Gasteiger partial charge in [0, 0.05) is 12.6 Å². The molecule has 3 amide bonds. The van der Waals surface area contributed by atoms with Crippen molar-refractivity contribution in [1.82, 2.24) is 15.5 Å². The summed E-state index contributed by atoms with van der Waals surface area (Å²) in [5, 5.41) is 5.90. The van der Waals surface area contributed by atoms with Crippen LogP contribution < -0.4 is 24.8 Å². The Morgan fingerprint density at radius 2 is 1.54 bits per heavy atom. The lowest BCUT2D eigenvalue weighted by Gasteiger charge is -2.39. The summed E-state index contributed by atoms with van der Waals surface area (Å²) in [6.07, 6.45) is 0.653. The molecule has 0 spiro atoms. The molecule has 0 aromatic heterocycles. The maximum atomic E-state index is 13.7. The van der Waals surface area contributed by atoms with Gasteiger partial charge in [0.2, 0.25) is 5.91 Å². The molecule has 0 aliphatic carbocycles. The van der Waals surface area contributed by atoms with Crippen molar-refractivity contribution in [3.8, 4) is 17.2 Å². The van der Waals surface area contributed by atoms with E-state index in [4.69, 9.17) is 14.2 Å². The summed E-state index contributed by atoms with van der Waals surface area (Å²) in [6, 6.07) is 10.3. The molecule has 1 aliphatic rings. The Kier molecular flexibility index (Phi) is 8.48. The molecular weight excluding hydrogens is 446 g/mol. The third-order valence-corrected chi connectivity index (χ3v) is 6.23. The van der Waals surface area contributed by atoms with E-state index in [0.29, 0.717) is 24.5 Å². The molecule has 8 heteroatoms. The van der Waals surface area contributed by atoms with Crippen molar-refractivity contribution in [2.75, 3.05) is 27.9 Å². The first-order valence-corrected chi connectivity index (χ1v) is 12.0. The van der Waals surface area contributed by atoms with Crippen LogP contribution in [0.3, 0.4) is 0 Å². The smallest absolute Gasteiger partial charge is 0.318 e. The van der Waals surface area contributed by atoms with Gasteiger partial charge in [0.25, 0.3) is 0 Å². The van der Waals surface area contributed by atoms with E-state index in [1.54, 1.807) is 26.2 Å². The Bertz CT molecular complexity index is 1040. The van der Waals surface area contributed by atoms with Gasteiger partial charge in [-0.1, -0.05) is 26.0 Å². The average molecular weight is 484 g/mol. The Morgan fingerprint density at radius 1 is 0.914 bits per heavy atom. The van der Waals surface area contributed by atoms with Gasteiger partial charge in [-0.2, -0.15) is 0 Å². The van der Waals surface area contributed by atoms with Crippen molar-refractivity contribution in [3.05, 3.63) is 53.1 Å². The predicted molar refractivity (Wildman–Crippen MR) is 135 cm³/mol. The number of rotatable bonds is 8. The fraction of sp³-hybridized carbons (Fsp3) is 0.481. The van der Waals surface area contributed by atoms with Crippen LogP contribution in [-0.4, -0.2) is 56.8 Å². The molecule has 1 heterocycles. The Morgan fingerprint density at radius 3 is 2.09 bits per heavy atom. The van der Waals surface area contributed by atoms with Crippen molar-refractivity contribution >= 4 is 11.9 Å². The lowest BCUT2D eigenvalue weighted by molar-refractivity contribution is -0.124. The molecule has 1 aliphatic heterocycles. The summed E-state index contributed by atoms with van der Waals surface area (Å²) < 4.78 is 16.4. The van der Waals surface area contributed by atoms with Gasteiger partial charge in [-0.3, -0.25) is 4.79 Å². The average Bonchev–Trinajstić information content (AvgIpc) is 2.84. The largest absolute Gasteiger partial charge is 0.497 e. The second-order valence-electron chi connectivity index (χ2n) is 9.36. The highest BCUT2D eigenvalue weighted by atomic mass is 16.5. The first-order valence-electron chi connectivity index (χ1n) is 12.0. The van der Waals surface area contributed by atoms with E-state index < -0.39 is 6.04 Å². The molecule has 0 bridgehead atoms. The zero-order valence-corrected chi connectivity index (χ0v) is 21.7. The van der Waals surface area contributed by atoms with Gasteiger partial charge in [0.15, 0.2) is 11.5 Å². The monoisotopic (exact) mass is 483 g/mol. The van der Waals surface area contributed by atoms with Gasteiger partial charge < -0.3 is 29.7 Å². The van der Waals surface area contributed by atoms with E-state index in [1.807, 2.05) is 64.1 Å². The number of hydrogen-bond acceptors (Lipinski definition) is 5. The summed E-state index contributed by atoms with van der Waals surface area (Å²) in [5.41, 5.74) is 2.98. The van der Waals surface area contributed by atoms with Crippen molar-refractivity contribution < 1.29 is 23.8 Å². The summed E-state index contributed by atoms with van der Waals surface area (Å²) in [4.78, 5) is 28.2. The summed E-state index contributed by atoms with van der Waals surface area (Å²) in [5.74, 6) is 1.73. The maximum Gasteiger partial charge on any atom is 0.318 e. The summed E-state index contributed by atoms with van der Waals surface area (Å²) in [6.45, 7) is 8.14. The zero-order valence-electron chi connectivity index (χ0n) is 21.7. The number of hydrogen-bond donors (Lipinski definition) is 2. The molecule has 3 rings (SSSR count). The van der Waals surface area contributed by atoms with Gasteiger partial charge >= 0.3 is 6.03 Å². The van der Waals surface area contributed by atoms with Crippen LogP contribution >= 0.6 is 0 Å². The number of methoxy groups -OCH3 is 3. The van der Waals surface area contributed by atoms with Gasteiger partial charge in [-0.05, 0) is 67.1 Å². The standard InChI is InChI=1S/C27H37N3O5/c1-16(2)24(26(31)28-17(3)4)29-27(32)30-13-12-19-14-22(34-6)23(35-7)15-21(19)25(30)18-8-10-20(33-5)11-9-18/h8-11,14-17,24-25H,12-13H2,1-7H3,(H,28,31)(H,29,32)/t24-,25+/m0/s1. The maximum absolute atomic E-state index is 13.7. The number of nitrogens with one attached hydrogen (secondary N) is 2. The highest BCUT2D eigenvalue weighted by Crippen LogP contribution is 2.41. The molecule has 0 radical (unpaired) electrons. The Labute approximate surface area is 207 Å². The zero-order chi connectivity index (χ0) is 25.7. The minimum absolute atomic E-state index is 0.0167. The molecule has 0 unspecified atom stereocenters. The first kappa shape index (κ1) is 26.2. The molecule has 8 nitrogen and oxygen atoms in total. The predicted octanol–water partition coefficient (Wildman–Crippen LogP) is 3.92. The number of fused-ring (bicyclic) bond motifs is 1. The van der Waals surface area contributed by atoms with Crippen LogP contribution in [0.1, 0.15) is 50.4 Å². The van der Waals surface area contributed by atoms with Crippen LogP contribution in [0.15, 0.2) is 36.4 Å². The molecule has 0 saturated carbocycles. The van der Waals surface area contributed by atoms with Crippen LogP contribution in [0.25, 0.3) is 0 Å². The molecule has 35 heavy (non-hydrogen) atoms. The molecule has 190 valence electrons. The third kappa shape index (κ3) is 5.81. The molecule has 0 saturated heterocycles. The highest BCUT2D eigenvalue weighted by Gasteiger charge is 2.35. The minimum atomic E-state index is -0.645. The summed E-state index contributed by atoms with van der Waals surface area (Å²) >= 11 is 0.